The van der Waals surface area contributed by atoms with E-state index in [0.717, 1.165) is 16.7 Å². The van der Waals surface area contributed by atoms with Gasteiger partial charge in [-0.15, -0.1) is 0 Å². The summed E-state index contributed by atoms with van der Waals surface area (Å²) < 4.78 is 11.7. The summed E-state index contributed by atoms with van der Waals surface area (Å²) in [5.74, 6) is 0. The standard InChI is InChI=1S/C18H22ClNO2S/c1-10-7-13(18(3,4)5)14(19)8-12(10)15-9-16(21)17(23(6)22)11(2)20-15/h7-9H,1-6H3,(H,20,21). The number of aryl methyl sites for hydroxylation is 2. The molecule has 0 aliphatic heterocycles. The maximum atomic E-state index is 12.3. The molecule has 0 fully saturated rings. The molecule has 1 unspecified atom stereocenters. The highest BCUT2D eigenvalue weighted by Gasteiger charge is 2.21. The van der Waals surface area contributed by atoms with Crippen LogP contribution in [-0.4, -0.2) is 15.8 Å². The van der Waals surface area contributed by atoms with Gasteiger partial charge in [-0.25, -0.2) is 0 Å². The van der Waals surface area contributed by atoms with Crippen molar-refractivity contribution in [1.29, 1.82) is 0 Å². The van der Waals surface area contributed by atoms with Crippen molar-refractivity contribution in [2.75, 3.05) is 6.26 Å². The molecule has 1 atom stereocenters. The first-order valence-corrected chi connectivity index (χ1v) is 9.34. The van der Waals surface area contributed by atoms with Crippen molar-refractivity contribution in [2.24, 2.45) is 0 Å². The van der Waals surface area contributed by atoms with Crippen LogP contribution in [0.1, 0.15) is 37.6 Å². The Morgan fingerprint density at radius 1 is 1.17 bits per heavy atom. The third-order valence-electron chi connectivity index (χ3n) is 3.86. The number of pyridine rings is 1. The van der Waals surface area contributed by atoms with Crippen LogP contribution < -0.4 is 5.43 Å². The van der Waals surface area contributed by atoms with Crippen LogP contribution in [0.2, 0.25) is 5.02 Å². The molecule has 0 saturated heterocycles. The molecule has 0 amide bonds. The third-order valence-corrected chi connectivity index (χ3v) is 5.26. The molecular formula is C18H22ClNO2S. The fourth-order valence-corrected chi connectivity index (χ4v) is 4.00. The third kappa shape index (κ3) is 3.65. The van der Waals surface area contributed by atoms with Gasteiger partial charge in [0.15, 0.2) is 0 Å². The van der Waals surface area contributed by atoms with Gasteiger partial charge in [-0.05, 0) is 47.6 Å². The van der Waals surface area contributed by atoms with Gasteiger partial charge in [0.05, 0.1) is 11.4 Å². The molecule has 5 heteroatoms. The summed E-state index contributed by atoms with van der Waals surface area (Å²) in [7, 11) is 0. The zero-order valence-electron chi connectivity index (χ0n) is 14.3. The number of aromatic nitrogens is 1. The number of benzene rings is 1. The van der Waals surface area contributed by atoms with Crippen LogP contribution in [0.3, 0.4) is 0 Å². The monoisotopic (exact) mass is 351 g/mol. The van der Waals surface area contributed by atoms with E-state index in [4.69, 9.17) is 11.6 Å². The molecule has 0 bridgehead atoms. The highest BCUT2D eigenvalue weighted by atomic mass is 35.5. The zero-order valence-corrected chi connectivity index (χ0v) is 15.9. The fraction of sp³-hybridized carbons (Fsp3) is 0.389. The van der Waals surface area contributed by atoms with E-state index in [9.17, 15) is 9.35 Å². The van der Waals surface area contributed by atoms with Crippen molar-refractivity contribution in [2.45, 2.75) is 44.9 Å². The Morgan fingerprint density at radius 2 is 1.78 bits per heavy atom. The van der Waals surface area contributed by atoms with Gasteiger partial charge < -0.3 is 9.54 Å². The number of rotatable bonds is 2. The topological polar surface area (TPSA) is 55.9 Å². The summed E-state index contributed by atoms with van der Waals surface area (Å²) in [5.41, 5.74) is 4.06. The van der Waals surface area contributed by atoms with Crippen LogP contribution in [0.4, 0.5) is 0 Å². The average molecular weight is 352 g/mol. The minimum Gasteiger partial charge on any atom is -0.611 e. The first-order valence-electron chi connectivity index (χ1n) is 7.40. The lowest BCUT2D eigenvalue weighted by Gasteiger charge is -2.22. The van der Waals surface area contributed by atoms with Gasteiger partial charge >= 0.3 is 0 Å². The number of H-pyrrole nitrogens is 1. The smallest absolute Gasteiger partial charge is 0.237 e. The first kappa shape index (κ1) is 18.1. The molecule has 0 saturated carbocycles. The van der Waals surface area contributed by atoms with Gasteiger partial charge in [0, 0.05) is 16.7 Å². The van der Waals surface area contributed by atoms with Crippen molar-refractivity contribution >= 4 is 22.8 Å². The van der Waals surface area contributed by atoms with E-state index in [-0.39, 0.29) is 10.8 Å². The predicted molar refractivity (Wildman–Crippen MR) is 98.0 cm³/mol. The first-order chi connectivity index (χ1) is 10.5. The van der Waals surface area contributed by atoms with E-state index in [1.54, 1.807) is 6.92 Å². The van der Waals surface area contributed by atoms with Gasteiger partial charge in [0.1, 0.15) is 6.26 Å². The Morgan fingerprint density at radius 3 is 2.26 bits per heavy atom. The Labute approximate surface area is 145 Å². The molecule has 0 spiro atoms. The molecule has 2 rings (SSSR count). The minimum atomic E-state index is -1.31. The number of aromatic amines is 1. The Balaban J connectivity index is 2.65. The molecule has 0 aliphatic rings. The van der Waals surface area contributed by atoms with Crippen LogP contribution in [-0.2, 0) is 16.6 Å². The van der Waals surface area contributed by atoms with Crippen molar-refractivity contribution in [3.63, 3.8) is 0 Å². The van der Waals surface area contributed by atoms with Gasteiger partial charge in [-0.1, -0.05) is 38.4 Å². The molecule has 0 aliphatic carbocycles. The van der Waals surface area contributed by atoms with Gasteiger partial charge in [-0.3, -0.25) is 4.79 Å². The number of hydrogen-bond acceptors (Lipinski definition) is 2. The summed E-state index contributed by atoms with van der Waals surface area (Å²) in [4.78, 5) is 15.8. The van der Waals surface area contributed by atoms with Crippen LogP contribution >= 0.6 is 11.6 Å². The number of halogens is 1. The second kappa shape index (κ2) is 6.34. The molecule has 0 radical (unpaired) electrons. The Kier molecular flexibility index (Phi) is 5.00. The second-order valence-corrected chi connectivity index (χ2v) is 8.58. The molecule has 23 heavy (non-hydrogen) atoms. The molecule has 1 N–H and O–H groups in total. The molecule has 2 aromatic rings. The van der Waals surface area contributed by atoms with Crippen molar-refractivity contribution in [3.05, 3.63) is 50.3 Å². The average Bonchev–Trinajstić information content (AvgIpc) is 2.38. The van der Waals surface area contributed by atoms with Crippen LogP contribution in [0.15, 0.2) is 27.9 Å². The summed E-state index contributed by atoms with van der Waals surface area (Å²) in [6.45, 7) is 10.1. The second-order valence-electron chi connectivity index (χ2n) is 6.85. The van der Waals surface area contributed by atoms with E-state index in [0.29, 0.717) is 21.3 Å². The normalized spacial score (nSPS) is 13.2. The van der Waals surface area contributed by atoms with E-state index in [2.05, 4.69) is 31.8 Å². The molecule has 1 aromatic carbocycles. The lowest BCUT2D eigenvalue weighted by molar-refractivity contribution is 0.590. The van der Waals surface area contributed by atoms with E-state index >= 15 is 0 Å². The predicted octanol–water partition coefficient (Wildman–Crippen LogP) is 4.35. The highest BCUT2D eigenvalue weighted by molar-refractivity contribution is 7.90. The minimum absolute atomic E-state index is 0.0489. The van der Waals surface area contributed by atoms with Gasteiger partial charge in [-0.2, -0.15) is 0 Å². The molecule has 1 aromatic heterocycles. The van der Waals surface area contributed by atoms with Crippen molar-refractivity contribution < 1.29 is 4.55 Å². The lowest BCUT2D eigenvalue weighted by atomic mass is 9.85. The largest absolute Gasteiger partial charge is 0.611 e. The maximum Gasteiger partial charge on any atom is 0.237 e. The van der Waals surface area contributed by atoms with E-state index in [1.807, 2.05) is 13.0 Å². The maximum absolute atomic E-state index is 12.3. The van der Waals surface area contributed by atoms with Crippen molar-refractivity contribution in [1.82, 2.24) is 4.98 Å². The van der Waals surface area contributed by atoms with Gasteiger partial charge in [0.25, 0.3) is 0 Å². The van der Waals surface area contributed by atoms with Crippen LogP contribution in [0, 0.1) is 13.8 Å². The molecular weight excluding hydrogens is 330 g/mol. The Hall–Kier alpha value is -1.23. The Bertz CT molecular complexity index is 804. The van der Waals surface area contributed by atoms with E-state index in [1.165, 1.54) is 12.3 Å². The number of nitrogens with one attached hydrogen (secondary N) is 1. The molecule has 124 valence electrons. The summed E-state index contributed by atoms with van der Waals surface area (Å²) >= 11 is 5.14. The van der Waals surface area contributed by atoms with Crippen molar-refractivity contribution in [3.8, 4) is 11.3 Å². The van der Waals surface area contributed by atoms with E-state index < -0.39 is 11.2 Å². The summed E-state index contributed by atoms with van der Waals surface area (Å²) in [6, 6.07) is 5.46. The van der Waals surface area contributed by atoms with Gasteiger partial charge in [0.2, 0.25) is 10.3 Å². The van der Waals surface area contributed by atoms with Crippen LogP contribution in [0.25, 0.3) is 11.3 Å². The SMILES string of the molecule is Cc1cc(C(C)(C)C)c(Cl)cc1-c1cc(=O)c([S+](C)[O-])c(C)[nH]1. The molecule has 3 nitrogen and oxygen atoms in total. The quantitative estimate of drug-likeness (QED) is 0.818. The summed E-state index contributed by atoms with van der Waals surface area (Å²) in [6.07, 6.45) is 1.51. The highest BCUT2D eigenvalue weighted by Crippen LogP contribution is 2.34. The summed E-state index contributed by atoms with van der Waals surface area (Å²) in [5, 5.41) is 0.680. The lowest BCUT2D eigenvalue weighted by Crippen LogP contribution is -2.17. The molecule has 1 heterocycles. The zero-order chi connectivity index (χ0) is 17.5. The fourth-order valence-electron chi connectivity index (χ4n) is 2.73. The van der Waals surface area contributed by atoms with Crippen LogP contribution in [0.5, 0.6) is 0 Å². The number of hydrogen-bond donors (Lipinski definition) is 1.